The second kappa shape index (κ2) is 9.09. The standard InChI is InChI=1S/C31H34N2O4/c1-30(2)13-22-27(24(34)15-30)26(20-8-10-21(11-9-20)29(36)37-5)28-23(14-31(3,4)16-25(28)35)33(22)18-19-7-6-12-32-17-19/h6-12,17,26H,13-16,18H2,1-5H3. The lowest BCUT2D eigenvalue weighted by Gasteiger charge is -2.49. The third-order valence-corrected chi connectivity index (χ3v) is 7.75. The maximum Gasteiger partial charge on any atom is 0.337 e. The van der Waals surface area contributed by atoms with E-state index in [-0.39, 0.29) is 22.4 Å². The summed E-state index contributed by atoms with van der Waals surface area (Å²) in [6.07, 6.45) is 5.97. The van der Waals surface area contributed by atoms with Crippen LogP contribution in [0, 0.1) is 10.8 Å². The van der Waals surface area contributed by atoms with Gasteiger partial charge < -0.3 is 9.64 Å². The van der Waals surface area contributed by atoms with Crippen LogP contribution in [0.4, 0.5) is 0 Å². The fourth-order valence-corrected chi connectivity index (χ4v) is 6.18. The van der Waals surface area contributed by atoms with E-state index >= 15 is 0 Å². The quantitative estimate of drug-likeness (QED) is 0.499. The van der Waals surface area contributed by atoms with Crippen LogP contribution in [0.5, 0.6) is 0 Å². The molecule has 37 heavy (non-hydrogen) atoms. The highest BCUT2D eigenvalue weighted by atomic mass is 16.5. The molecule has 0 radical (unpaired) electrons. The average Bonchev–Trinajstić information content (AvgIpc) is 2.83. The van der Waals surface area contributed by atoms with Crippen molar-refractivity contribution < 1.29 is 19.1 Å². The molecule has 6 nitrogen and oxygen atoms in total. The molecule has 0 bridgehead atoms. The van der Waals surface area contributed by atoms with Gasteiger partial charge in [0.1, 0.15) is 0 Å². The van der Waals surface area contributed by atoms with Gasteiger partial charge in [-0.2, -0.15) is 0 Å². The molecule has 1 aromatic carbocycles. The monoisotopic (exact) mass is 498 g/mol. The number of aromatic nitrogens is 1. The molecule has 5 rings (SSSR count). The van der Waals surface area contributed by atoms with Gasteiger partial charge in [-0.15, -0.1) is 0 Å². The Morgan fingerprint density at radius 2 is 1.49 bits per heavy atom. The highest BCUT2D eigenvalue weighted by Crippen LogP contribution is 2.54. The Bertz CT molecular complexity index is 1280. The van der Waals surface area contributed by atoms with Crippen molar-refractivity contribution in [2.75, 3.05) is 7.11 Å². The molecule has 1 aromatic heterocycles. The predicted octanol–water partition coefficient (Wildman–Crippen LogP) is 5.75. The second-order valence-corrected chi connectivity index (χ2v) is 12.1. The number of carbonyl (C=O) groups is 3. The summed E-state index contributed by atoms with van der Waals surface area (Å²) in [6.45, 7) is 9.11. The molecule has 0 saturated heterocycles. The molecule has 6 heteroatoms. The number of Topliss-reactive ketones (excluding diaryl/α,β-unsaturated/α-hetero) is 2. The molecule has 0 spiro atoms. The first-order valence-electron chi connectivity index (χ1n) is 12.9. The Labute approximate surface area is 218 Å². The van der Waals surface area contributed by atoms with E-state index in [0.717, 1.165) is 46.5 Å². The summed E-state index contributed by atoms with van der Waals surface area (Å²) in [5.41, 5.74) is 5.43. The molecule has 0 amide bonds. The summed E-state index contributed by atoms with van der Waals surface area (Å²) >= 11 is 0. The normalized spacial score (nSPS) is 21.1. The molecule has 0 saturated carbocycles. The van der Waals surface area contributed by atoms with Gasteiger partial charge in [-0.1, -0.05) is 45.9 Å². The minimum atomic E-state index is -0.436. The Hall–Kier alpha value is -3.54. The van der Waals surface area contributed by atoms with Crippen LogP contribution in [-0.4, -0.2) is 34.5 Å². The van der Waals surface area contributed by atoms with Crippen LogP contribution in [-0.2, 0) is 20.9 Å². The minimum Gasteiger partial charge on any atom is -0.465 e. The van der Waals surface area contributed by atoms with Crippen LogP contribution in [0.15, 0.2) is 71.3 Å². The smallest absolute Gasteiger partial charge is 0.337 e. The molecule has 1 aliphatic heterocycles. The maximum atomic E-state index is 13.9. The lowest BCUT2D eigenvalue weighted by atomic mass is 9.63. The summed E-state index contributed by atoms with van der Waals surface area (Å²) in [7, 11) is 1.35. The van der Waals surface area contributed by atoms with Gasteiger partial charge in [0.15, 0.2) is 11.6 Å². The number of ether oxygens (including phenoxy) is 1. The van der Waals surface area contributed by atoms with Crippen LogP contribution in [0.1, 0.15) is 80.8 Å². The van der Waals surface area contributed by atoms with Crippen LogP contribution in [0.25, 0.3) is 0 Å². The number of methoxy groups -OCH3 is 1. The molecule has 0 N–H and O–H groups in total. The van der Waals surface area contributed by atoms with E-state index in [2.05, 4.69) is 37.6 Å². The fraction of sp³-hybridized carbons (Fsp3) is 0.419. The summed E-state index contributed by atoms with van der Waals surface area (Å²) in [5, 5.41) is 0. The Kier molecular flexibility index (Phi) is 6.17. The first-order chi connectivity index (χ1) is 17.5. The van der Waals surface area contributed by atoms with Crippen LogP contribution in [0.3, 0.4) is 0 Å². The minimum absolute atomic E-state index is 0.0914. The molecular formula is C31H34N2O4. The largest absolute Gasteiger partial charge is 0.465 e. The molecule has 2 aromatic rings. The van der Waals surface area contributed by atoms with Crippen molar-refractivity contribution in [3.05, 3.63) is 88.0 Å². The van der Waals surface area contributed by atoms with E-state index in [0.29, 0.717) is 24.9 Å². The second-order valence-electron chi connectivity index (χ2n) is 12.1. The fourth-order valence-electron chi connectivity index (χ4n) is 6.18. The van der Waals surface area contributed by atoms with Crippen molar-refractivity contribution in [2.45, 2.75) is 65.8 Å². The molecular weight excluding hydrogens is 464 g/mol. The van der Waals surface area contributed by atoms with Crippen LogP contribution < -0.4 is 0 Å². The summed E-state index contributed by atoms with van der Waals surface area (Å²) in [6, 6.07) is 11.1. The molecule has 0 fully saturated rings. The number of hydrogen-bond acceptors (Lipinski definition) is 6. The van der Waals surface area contributed by atoms with E-state index in [4.69, 9.17) is 4.74 Å². The Balaban J connectivity index is 1.73. The number of esters is 1. The first-order valence-corrected chi connectivity index (χ1v) is 12.9. The average molecular weight is 499 g/mol. The van der Waals surface area contributed by atoms with Gasteiger partial charge in [-0.25, -0.2) is 4.79 Å². The van der Waals surface area contributed by atoms with Crippen molar-refractivity contribution in [2.24, 2.45) is 10.8 Å². The van der Waals surface area contributed by atoms with Crippen molar-refractivity contribution in [3.8, 4) is 0 Å². The number of nitrogens with zero attached hydrogens (tertiary/aromatic N) is 2. The Morgan fingerprint density at radius 3 is 1.97 bits per heavy atom. The van der Waals surface area contributed by atoms with E-state index in [1.165, 1.54) is 7.11 Å². The van der Waals surface area contributed by atoms with E-state index in [1.54, 1.807) is 18.3 Å². The third-order valence-electron chi connectivity index (χ3n) is 7.75. The molecule has 3 aliphatic rings. The highest BCUT2D eigenvalue weighted by Gasteiger charge is 2.48. The van der Waals surface area contributed by atoms with Crippen molar-refractivity contribution in [1.29, 1.82) is 0 Å². The number of benzene rings is 1. The lowest BCUT2D eigenvalue weighted by Crippen LogP contribution is -2.44. The maximum absolute atomic E-state index is 13.9. The highest BCUT2D eigenvalue weighted by molar-refractivity contribution is 6.06. The summed E-state index contributed by atoms with van der Waals surface area (Å²) in [5.74, 6) is -0.667. The number of carbonyl (C=O) groups excluding carboxylic acids is 3. The van der Waals surface area contributed by atoms with Crippen molar-refractivity contribution in [3.63, 3.8) is 0 Å². The SMILES string of the molecule is COC(=O)c1ccc(C2C3=C(CC(C)(C)CC3=O)N(Cc3cccnc3)C3=C2C(=O)CC(C)(C)C3)cc1. The zero-order chi connectivity index (χ0) is 26.5. The van der Waals surface area contributed by atoms with Gasteiger partial charge >= 0.3 is 5.97 Å². The van der Waals surface area contributed by atoms with Gasteiger partial charge in [0, 0.05) is 60.2 Å². The van der Waals surface area contributed by atoms with E-state index < -0.39 is 11.9 Å². The van der Waals surface area contributed by atoms with E-state index in [9.17, 15) is 14.4 Å². The van der Waals surface area contributed by atoms with Gasteiger partial charge in [0.05, 0.1) is 12.7 Å². The topological polar surface area (TPSA) is 76.6 Å². The van der Waals surface area contributed by atoms with Crippen molar-refractivity contribution >= 4 is 17.5 Å². The van der Waals surface area contributed by atoms with Gasteiger partial charge in [0.2, 0.25) is 0 Å². The number of hydrogen-bond donors (Lipinski definition) is 0. The summed E-state index contributed by atoms with van der Waals surface area (Å²) in [4.78, 5) is 46.3. The number of allylic oxidation sites excluding steroid dienone is 4. The molecule has 192 valence electrons. The lowest BCUT2D eigenvalue weighted by molar-refractivity contribution is -0.119. The number of pyridine rings is 1. The van der Waals surface area contributed by atoms with Gasteiger partial charge in [-0.05, 0) is 53.0 Å². The molecule has 0 atom stereocenters. The molecule has 0 unspecified atom stereocenters. The Morgan fingerprint density at radius 1 is 0.919 bits per heavy atom. The van der Waals surface area contributed by atoms with E-state index in [1.807, 2.05) is 30.5 Å². The number of ketones is 2. The first kappa shape index (κ1) is 25.1. The zero-order valence-corrected chi connectivity index (χ0v) is 22.3. The number of rotatable bonds is 4. The van der Waals surface area contributed by atoms with Crippen molar-refractivity contribution in [1.82, 2.24) is 9.88 Å². The molecule has 2 aliphatic carbocycles. The van der Waals surface area contributed by atoms with Crippen LogP contribution in [0.2, 0.25) is 0 Å². The predicted molar refractivity (Wildman–Crippen MR) is 140 cm³/mol. The zero-order valence-electron chi connectivity index (χ0n) is 22.3. The molecule has 2 heterocycles. The van der Waals surface area contributed by atoms with Gasteiger partial charge in [0.25, 0.3) is 0 Å². The van der Waals surface area contributed by atoms with Crippen LogP contribution >= 0.6 is 0 Å². The summed E-state index contributed by atoms with van der Waals surface area (Å²) < 4.78 is 4.87. The third kappa shape index (κ3) is 4.65. The van der Waals surface area contributed by atoms with Gasteiger partial charge in [-0.3, -0.25) is 14.6 Å².